The molecule has 0 aliphatic rings. The summed E-state index contributed by atoms with van der Waals surface area (Å²) in [6.07, 6.45) is 1.68. The lowest BCUT2D eigenvalue weighted by molar-refractivity contribution is 0.628. The second kappa shape index (κ2) is 5.68. The minimum absolute atomic E-state index is 0.290. The summed E-state index contributed by atoms with van der Waals surface area (Å²) in [5, 5.41) is 6.43. The SMILES string of the molecule is C=CCNC(=S)Nc1ccc(F)cc1Cl. The van der Waals surface area contributed by atoms with E-state index >= 15 is 0 Å². The van der Waals surface area contributed by atoms with Gasteiger partial charge in [-0.05, 0) is 30.4 Å². The van der Waals surface area contributed by atoms with Crippen LogP contribution in [0.5, 0.6) is 0 Å². The van der Waals surface area contributed by atoms with Gasteiger partial charge in [0, 0.05) is 6.54 Å². The fourth-order valence-electron chi connectivity index (χ4n) is 0.922. The minimum Gasteiger partial charge on any atom is -0.359 e. The summed E-state index contributed by atoms with van der Waals surface area (Å²) in [6, 6.07) is 4.06. The largest absolute Gasteiger partial charge is 0.359 e. The smallest absolute Gasteiger partial charge is 0.171 e. The Balaban J connectivity index is 2.64. The molecule has 5 heteroatoms. The lowest BCUT2D eigenvalue weighted by Crippen LogP contribution is -2.28. The fourth-order valence-corrected chi connectivity index (χ4v) is 1.33. The van der Waals surface area contributed by atoms with Crippen molar-refractivity contribution in [3.8, 4) is 0 Å². The second-order valence-electron chi connectivity index (χ2n) is 2.75. The first-order valence-corrected chi connectivity index (χ1v) is 5.03. The molecule has 0 saturated heterocycles. The number of halogens is 2. The molecular weight excluding hydrogens is 235 g/mol. The van der Waals surface area contributed by atoms with Crippen LogP contribution in [0.1, 0.15) is 0 Å². The van der Waals surface area contributed by atoms with Crippen LogP contribution in [0.3, 0.4) is 0 Å². The third-order valence-corrected chi connectivity index (χ3v) is 2.15. The Morgan fingerprint density at radius 1 is 1.60 bits per heavy atom. The van der Waals surface area contributed by atoms with Crippen molar-refractivity contribution in [3.05, 3.63) is 41.7 Å². The van der Waals surface area contributed by atoms with Gasteiger partial charge in [-0.25, -0.2) is 4.39 Å². The van der Waals surface area contributed by atoms with E-state index in [1.165, 1.54) is 18.2 Å². The van der Waals surface area contributed by atoms with E-state index in [1.54, 1.807) is 6.08 Å². The van der Waals surface area contributed by atoms with Crippen LogP contribution in [0, 0.1) is 5.82 Å². The van der Waals surface area contributed by atoms with Crippen molar-refractivity contribution in [1.82, 2.24) is 5.32 Å². The predicted octanol–water partition coefficient (Wildman–Crippen LogP) is 2.95. The van der Waals surface area contributed by atoms with E-state index in [4.69, 9.17) is 23.8 Å². The van der Waals surface area contributed by atoms with Crippen LogP contribution >= 0.6 is 23.8 Å². The minimum atomic E-state index is -0.379. The van der Waals surface area contributed by atoms with Crippen LogP contribution in [-0.2, 0) is 0 Å². The lowest BCUT2D eigenvalue weighted by Gasteiger charge is -2.10. The maximum atomic E-state index is 12.7. The normalized spacial score (nSPS) is 9.47. The fraction of sp³-hybridized carbons (Fsp3) is 0.100. The van der Waals surface area contributed by atoms with E-state index in [9.17, 15) is 4.39 Å². The van der Waals surface area contributed by atoms with Crippen LogP contribution in [-0.4, -0.2) is 11.7 Å². The van der Waals surface area contributed by atoms with Gasteiger partial charge < -0.3 is 10.6 Å². The number of rotatable bonds is 3. The molecule has 15 heavy (non-hydrogen) atoms. The summed E-state index contributed by atoms with van der Waals surface area (Å²) in [4.78, 5) is 0. The number of hydrogen-bond acceptors (Lipinski definition) is 1. The Hall–Kier alpha value is -1.13. The lowest BCUT2D eigenvalue weighted by atomic mass is 10.3. The molecule has 0 aromatic heterocycles. The molecule has 0 heterocycles. The van der Waals surface area contributed by atoms with Gasteiger partial charge in [-0.15, -0.1) is 6.58 Å². The molecule has 0 spiro atoms. The van der Waals surface area contributed by atoms with Crippen molar-refractivity contribution in [2.45, 2.75) is 0 Å². The molecule has 80 valence electrons. The van der Waals surface area contributed by atoms with E-state index < -0.39 is 0 Å². The van der Waals surface area contributed by atoms with Gasteiger partial charge in [0.15, 0.2) is 5.11 Å². The van der Waals surface area contributed by atoms with Gasteiger partial charge in [-0.3, -0.25) is 0 Å². The van der Waals surface area contributed by atoms with Gasteiger partial charge in [-0.2, -0.15) is 0 Å². The standard InChI is InChI=1S/C10H10ClFN2S/c1-2-5-13-10(15)14-9-4-3-7(12)6-8(9)11/h2-4,6H,1,5H2,(H2,13,14,15). The van der Waals surface area contributed by atoms with Crippen LogP contribution in [0.2, 0.25) is 5.02 Å². The highest BCUT2D eigenvalue weighted by atomic mass is 35.5. The molecule has 0 amide bonds. The van der Waals surface area contributed by atoms with Crippen LogP contribution < -0.4 is 10.6 Å². The number of hydrogen-bond donors (Lipinski definition) is 2. The summed E-state index contributed by atoms with van der Waals surface area (Å²) in [6.45, 7) is 4.10. The molecule has 0 aliphatic heterocycles. The van der Waals surface area contributed by atoms with E-state index in [2.05, 4.69) is 17.2 Å². The van der Waals surface area contributed by atoms with Gasteiger partial charge >= 0.3 is 0 Å². The molecule has 1 rings (SSSR count). The number of benzene rings is 1. The molecule has 1 aromatic carbocycles. The molecule has 1 aromatic rings. The molecule has 0 bridgehead atoms. The maximum Gasteiger partial charge on any atom is 0.171 e. The van der Waals surface area contributed by atoms with Crippen molar-refractivity contribution in [2.75, 3.05) is 11.9 Å². The summed E-state index contributed by atoms with van der Waals surface area (Å²) in [7, 11) is 0. The Morgan fingerprint density at radius 3 is 2.93 bits per heavy atom. The molecular formula is C10H10ClFN2S. The summed E-state index contributed by atoms with van der Waals surface area (Å²) in [5.41, 5.74) is 0.569. The highest BCUT2D eigenvalue weighted by Gasteiger charge is 2.02. The summed E-state index contributed by atoms with van der Waals surface area (Å²) in [5.74, 6) is -0.379. The first-order chi connectivity index (χ1) is 7.13. The molecule has 0 aliphatic carbocycles. The van der Waals surface area contributed by atoms with Crippen LogP contribution in [0.4, 0.5) is 10.1 Å². The highest BCUT2D eigenvalue weighted by Crippen LogP contribution is 2.22. The van der Waals surface area contributed by atoms with Gasteiger partial charge in [0.2, 0.25) is 0 Å². The van der Waals surface area contributed by atoms with Gasteiger partial charge in [0.25, 0.3) is 0 Å². The van der Waals surface area contributed by atoms with Crippen molar-refractivity contribution >= 4 is 34.6 Å². The number of thiocarbonyl (C=S) groups is 1. The van der Waals surface area contributed by atoms with Crippen LogP contribution in [0.25, 0.3) is 0 Å². The third-order valence-electron chi connectivity index (χ3n) is 1.59. The van der Waals surface area contributed by atoms with Crippen molar-refractivity contribution in [3.63, 3.8) is 0 Å². The first-order valence-electron chi connectivity index (χ1n) is 4.24. The Kier molecular flexibility index (Phi) is 4.52. The van der Waals surface area contributed by atoms with Crippen molar-refractivity contribution < 1.29 is 4.39 Å². The Morgan fingerprint density at radius 2 is 2.33 bits per heavy atom. The summed E-state index contributed by atoms with van der Waals surface area (Å²) >= 11 is 10.8. The van der Waals surface area contributed by atoms with Gasteiger partial charge in [0.1, 0.15) is 5.82 Å². The molecule has 0 atom stereocenters. The zero-order chi connectivity index (χ0) is 11.3. The number of anilines is 1. The van der Waals surface area contributed by atoms with E-state index in [-0.39, 0.29) is 10.8 Å². The number of nitrogens with one attached hydrogen (secondary N) is 2. The highest BCUT2D eigenvalue weighted by molar-refractivity contribution is 7.80. The average molecular weight is 245 g/mol. The topological polar surface area (TPSA) is 24.1 Å². The average Bonchev–Trinajstić information content (AvgIpc) is 2.19. The van der Waals surface area contributed by atoms with Crippen LogP contribution in [0.15, 0.2) is 30.9 Å². The molecule has 2 nitrogen and oxygen atoms in total. The molecule has 0 saturated carbocycles. The van der Waals surface area contributed by atoms with Crippen molar-refractivity contribution in [1.29, 1.82) is 0 Å². The molecule has 0 unspecified atom stereocenters. The monoisotopic (exact) mass is 244 g/mol. The Bertz CT molecular complexity index is 382. The third kappa shape index (κ3) is 3.85. The zero-order valence-electron chi connectivity index (χ0n) is 7.89. The van der Waals surface area contributed by atoms with E-state index in [0.717, 1.165) is 0 Å². The van der Waals surface area contributed by atoms with Gasteiger partial charge in [-0.1, -0.05) is 17.7 Å². The molecule has 0 fully saturated rings. The first kappa shape index (κ1) is 11.9. The second-order valence-corrected chi connectivity index (χ2v) is 3.56. The van der Waals surface area contributed by atoms with E-state index in [0.29, 0.717) is 17.3 Å². The predicted molar refractivity (Wildman–Crippen MR) is 65.8 cm³/mol. The molecule has 0 radical (unpaired) electrons. The van der Waals surface area contributed by atoms with E-state index in [1.807, 2.05) is 0 Å². The quantitative estimate of drug-likeness (QED) is 0.632. The Labute approximate surface area is 98.1 Å². The zero-order valence-corrected chi connectivity index (χ0v) is 9.46. The van der Waals surface area contributed by atoms with Gasteiger partial charge in [0.05, 0.1) is 10.7 Å². The summed E-state index contributed by atoms with van der Waals surface area (Å²) < 4.78 is 12.7. The maximum absolute atomic E-state index is 12.7. The molecule has 2 N–H and O–H groups in total. The van der Waals surface area contributed by atoms with Crippen molar-refractivity contribution in [2.24, 2.45) is 0 Å².